The summed E-state index contributed by atoms with van der Waals surface area (Å²) in [6, 6.07) is 5.68. The van der Waals surface area contributed by atoms with Gasteiger partial charge in [0, 0.05) is 12.8 Å². The van der Waals surface area contributed by atoms with Crippen molar-refractivity contribution in [1.82, 2.24) is 0 Å². The normalized spacial score (nSPS) is 22.1. The molecule has 1 aliphatic carbocycles. The van der Waals surface area contributed by atoms with Gasteiger partial charge in [0.1, 0.15) is 5.82 Å². The first kappa shape index (κ1) is 10.8. The van der Waals surface area contributed by atoms with Crippen molar-refractivity contribution in [2.75, 3.05) is 0 Å². The number of alkyl halides is 3. The van der Waals surface area contributed by atoms with E-state index < -0.39 is 11.3 Å². The highest BCUT2D eigenvalue weighted by Crippen LogP contribution is 2.50. The number of rotatable bonds is 2. The quantitative estimate of drug-likeness (QED) is 0.675. The van der Waals surface area contributed by atoms with Gasteiger partial charge in [0.05, 0.1) is 5.38 Å². The fourth-order valence-electron chi connectivity index (χ4n) is 1.83. The molecule has 0 amide bonds. The van der Waals surface area contributed by atoms with Gasteiger partial charge in [-0.1, -0.05) is 12.1 Å². The second-order valence-electron chi connectivity index (χ2n) is 3.98. The van der Waals surface area contributed by atoms with E-state index in [0.29, 0.717) is 5.56 Å². The van der Waals surface area contributed by atoms with E-state index in [4.69, 9.17) is 11.6 Å². The molecule has 2 rings (SSSR count). The minimum absolute atomic E-state index is 0.168. The van der Waals surface area contributed by atoms with Gasteiger partial charge < -0.3 is 0 Å². The monoisotopic (exact) mass is 234 g/mol. The maximum absolute atomic E-state index is 12.6. The predicted octanol–water partition coefficient (Wildman–Crippen LogP) is 4.15. The van der Waals surface area contributed by atoms with E-state index >= 15 is 0 Å². The minimum Gasteiger partial charge on any atom is -0.207 e. The summed E-state index contributed by atoms with van der Waals surface area (Å²) in [6.07, 6.45) is -0.336. The van der Waals surface area contributed by atoms with Crippen molar-refractivity contribution < 1.29 is 13.2 Å². The molecule has 1 aliphatic rings. The van der Waals surface area contributed by atoms with Crippen molar-refractivity contribution in [3.05, 3.63) is 35.6 Å². The molecule has 1 unspecified atom stereocenters. The molecule has 0 nitrogen and oxygen atoms in total. The van der Waals surface area contributed by atoms with Gasteiger partial charge in [0.15, 0.2) is 0 Å². The maximum atomic E-state index is 12.6. The van der Waals surface area contributed by atoms with Gasteiger partial charge in [-0.3, -0.25) is 0 Å². The average molecular weight is 235 g/mol. The van der Waals surface area contributed by atoms with Crippen molar-refractivity contribution in [1.29, 1.82) is 0 Å². The summed E-state index contributed by atoms with van der Waals surface area (Å²) >= 11 is 6.03. The largest absolute Gasteiger partial charge is 0.248 e. The number of hydrogen-bond acceptors (Lipinski definition) is 0. The van der Waals surface area contributed by atoms with E-state index in [1.807, 2.05) is 0 Å². The molecule has 1 saturated carbocycles. The predicted molar refractivity (Wildman–Crippen MR) is 52.7 cm³/mol. The molecule has 1 aromatic carbocycles. The first-order chi connectivity index (χ1) is 6.98. The van der Waals surface area contributed by atoms with Crippen molar-refractivity contribution in [2.45, 2.75) is 24.1 Å². The molecule has 0 saturated heterocycles. The molecule has 0 bridgehead atoms. The zero-order valence-electron chi connectivity index (χ0n) is 7.89. The molecular formula is C11H10ClF3. The van der Waals surface area contributed by atoms with Gasteiger partial charge in [-0.15, -0.1) is 11.6 Å². The van der Waals surface area contributed by atoms with Crippen LogP contribution in [-0.2, 0) is 0 Å². The van der Waals surface area contributed by atoms with E-state index in [1.165, 1.54) is 12.1 Å². The molecule has 15 heavy (non-hydrogen) atoms. The fourth-order valence-corrected chi connectivity index (χ4v) is 2.16. The number of benzene rings is 1. The lowest BCUT2D eigenvalue weighted by Crippen LogP contribution is -2.37. The zero-order chi connectivity index (χ0) is 11.1. The molecule has 0 spiro atoms. The third-order valence-electron chi connectivity index (χ3n) is 2.72. The summed E-state index contributed by atoms with van der Waals surface area (Å²) < 4.78 is 37.8. The van der Waals surface area contributed by atoms with Crippen LogP contribution in [0.3, 0.4) is 0 Å². The minimum atomic E-state index is -2.56. The Labute approximate surface area is 91.1 Å². The summed E-state index contributed by atoms with van der Waals surface area (Å²) in [6.45, 7) is 0. The van der Waals surface area contributed by atoms with Gasteiger partial charge >= 0.3 is 0 Å². The summed E-state index contributed by atoms with van der Waals surface area (Å²) in [7, 11) is 0. The van der Waals surface area contributed by atoms with E-state index in [1.54, 1.807) is 12.1 Å². The topological polar surface area (TPSA) is 0 Å². The van der Waals surface area contributed by atoms with Crippen LogP contribution in [0.2, 0.25) is 0 Å². The summed E-state index contributed by atoms with van der Waals surface area (Å²) in [5, 5.41) is -0.440. The Balaban J connectivity index is 2.03. The summed E-state index contributed by atoms with van der Waals surface area (Å²) in [4.78, 5) is 0. The smallest absolute Gasteiger partial charge is 0.207 e. The molecule has 0 aliphatic heterocycles. The standard InChI is InChI=1S/C11H10ClF3/c12-10(8-5-11(14,15)6-8)7-1-3-9(13)4-2-7/h1-4,8,10H,5-6H2. The third kappa shape index (κ3) is 2.28. The van der Waals surface area contributed by atoms with Crippen LogP contribution in [0.5, 0.6) is 0 Å². The van der Waals surface area contributed by atoms with Crippen molar-refractivity contribution in [3.63, 3.8) is 0 Å². The molecule has 0 aromatic heterocycles. The van der Waals surface area contributed by atoms with Crippen LogP contribution in [0.1, 0.15) is 23.8 Å². The Bertz CT molecular complexity index is 339. The van der Waals surface area contributed by atoms with Crippen LogP contribution in [0, 0.1) is 11.7 Å². The van der Waals surface area contributed by atoms with Crippen LogP contribution >= 0.6 is 11.6 Å². The number of hydrogen-bond donors (Lipinski definition) is 0. The first-order valence-corrected chi connectivity index (χ1v) is 5.19. The van der Waals surface area contributed by atoms with E-state index in [9.17, 15) is 13.2 Å². The highest BCUT2D eigenvalue weighted by Gasteiger charge is 2.48. The van der Waals surface area contributed by atoms with E-state index in [0.717, 1.165) is 0 Å². The van der Waals surface area contributed by atoms with Crippen LogP contribution in [0.25, 0.3) is 0 Å². The van der Waals surface area contributed by atoms with Crippen LogP contribution in [-0.4, -0.2) is 5.92 Å². The Kier molecular flexibility index (Phi) is 2.67. The lowest BCUT2D eigenvalue weighted by atomic mass is 9.77. The maximum Gasteiger partial charge on any atom is 0.248 e. The SMILES string of the molecule is Fc1ccc(C(Cl)C2CC(F)(F)C2)cc1. The molecular weight excluding hydrogens is 225 g/mol. The molecule has 4 heteroatoms. The average Bonchev–Trinajstić information content (AvgIpc) is 2.14. The lowest BCUT2D eigenvalue weighted by Gasteiger charge is -2.37. The lowest BCUT2D eigenvalue weighted by molar-refractivity contribution is -0.111. The van der Waals surface area contributed by atoms with Gasteiger partial charge in [-0.05, 0) is 23.6 Å². The molecule has 1 fully saturated rings. The van der Waals surface area contributed by atoms with Crippen LogP contribution < -0.4 is 0 Å². The Morgan fingerprint density at radius 1 is 1.20 bits per heavy atom. The molecule has 0 radical (unpaired) electrons. The summed E-state index contributed by atoms with van der Waals surface area (Å²) in [5.41, 5.74) is 0.707. The van der Waals surface area contributed by atoms with E-state index in [-0.39, 0.29) is 24.6 Å². The van der Waals surface area contributed by atoms with Gasteiger partial charge in [-0.2, -0.15) is 0 Å². The van der Waals surface area contributed by atoms with Crippen molar-refractivity contribution >= 4 is 11.6 Å². The second-order valence-corrected chi connectivity index (χ2v) is 4.45. The molecule has 1 atom stereocenters. The van der Waals surface area contributed by atoms with Crippen LogP contribution in [0.4, 0.5) is 13.2 Å². The molecule has 82 valence electrons. The van der Waals surface area contributed by atoms with E-state index in [2.05, 4.69) is 0 Å². The van der Waals surface area contributed by atoms with Gasteiger partial charge in [-0.25, -0.2) is 13.2 Å². The van der Waals surface area contributed by atoms with Gasteiger partial charge in [0.25, 0.3) is 0 Å². The first-order valence-electron chi connectivity index (χ1n) is 4.75. The second kappa shape index (κ2) is 3.71. The van der Waals surface area contributed by atoms with Crippen LogP contribution in [0.15, 0.2) is 24.3 Å². The molecule has 1 aromatic rings. The van der Waals surface area contributed by atoms with Crippen molar-refractivity contribution in [3.8, 4) is 0 Å². The number of halogens is 4. The Morgan fingerprint density at radius 3 is 2.20 bits per heavy atom. The molecule has 0 N–H and O–H groups in total. The third-order valence-corrected chi connectivity index (χ3v) is 3.33. The highest BCUT2D eigenvalue weighted by molar-refractivity contribution is 6.21. The fraction of sp³-hybridized carbons (Fsp3) is 0.455. The Morgan fingerprint density at radius 2 is 1.73 bits per heavy atom. The van der Waals surface area contributed by atoms with Crippen molar-refractivity contribution in [2.24, 2.45) is 5.92 Å². The zero-order valence-corrected chi connectivity index (χ0v) is 8.65. The molecule has 0 heterocycles. The highest BCUT2D eigenvalue weighted by atomic mass is 35.5. The van der Waals surface area contributed by atoms with Gasteiger partial charge in [0.2, 0.25) is 5.92 Å². The Hall–Kier alpha value is -0.700. The summed E-state index contributed by atoms with van der Waals surface area (Å²) in [5.74, 6) is -3.11.